The van der Waals surface area contributed by atoms with Crippen LogP contribution in [-0.4, -0.2) is 10.1 Å². The van der Waals surface area contributed by atoms with Crippen LogP contribution in [0.2, 0.25) is 4.34 Å². The Balaban J connectivity index is 2.36. The molecule has 1 unspecified atom stereocenters. The molecule has 1 N–H and O–H groups in total. The van der Waals surface area contributed by atoms with Crippen molar-refractivity contribution in [2.24, 2.45) is 0 Å². The highest BCUT2D eigenvalue weighted by Gasteiger charge is 2.31. The average Bonchev–Trinajstić information content (AvgIpc) is 2.73. The standard InChI is InChI=1S/C12H9ClF3NOS/c1-6-4-7(12(14,15)16)2-3-8(6)10(18)11-17-5-9(13)19-11/h2-5,10,18H,1H3. The zero-order chi connectivity index (χ0) is 14.2. The van der Waals surface area contributed by atoms with Gasteiger partial charge in [0.25, 0.3) is 0 Å². The Morgan fingerprint density at radius 2 is 2.05 bits per heavy atom. The van der Waals surface area contributed by atoms with Crippen LogP contribution in [0.25, 0.3) is 0 Å². The first-order valence-corrected chi connectivity index (χ1v) is 6.45. The molecule has 2 rings (SSSR count). The summed E-state index contributed by atoms with van der Waals surface area (Å²) in [6.45, 7) is 1.52. The first-order chi connectivity index (χ1) is 8.79. The highest BCUT2D eigenvalue weighted by atomic mass is 35.5. The predicted octanol–water partition coefficient (Wildman–Crippen LogP) is 4.21. The maximum absolute atomic E-state index is 12.5. The fourth-order valence-corrected chi connectivity index (χ4v) is 2.62. The molecule has 102 valence electrons. The van der Waals surface area contributed by atoms with Crippen molar-refractivity contribution in [2.45, 2.75) is 19.2 Å². The molecule has 0 fully saturated rings. The van der Waals surface area contributed by atoms with E-state index in [4.69, 9.17) is 11.6 Å². The smallest absolute Gasteiger partial charge is 0.381 e. The summed E-state index contributed by atoms with van der Waals surface area (Å²) >= 11 is 6.80. The third kappa shape index (κ3) is 3.08. The van der Waals surface area contributed by atoms with Gasteiger partial charge in [-0.2, -0.15) is 13.2 Å². The minimum absolute atomic E-state index is 0.354. The molecule has 1 heterocycles. The highest BCUT2D eigenvalue weighted by Crippen LogP contribution is 2.34. The number of benzene rings is 1. The lowest BCUT2D eigenvalue weighted by molar-refractivity contribution is -0.137. The Morgan fingerprint density at radius 3 is 2.53 bits per heavy atom. The van der Waals surface area contributed by atoms with Crippen molar-refractivity contribution in [1.29, 1.82) is 0 Å². The molecular weight excluding hydrogens is 299 g/mol. The normalized spacial score (nSPS) is 13.6. The van der Waals surface area contributed by atoms with E-state index >= 15 is 0 Å². The molecule has 0 bridgehead atoms. The zero-order valence-electron chi connectivity index (χ0n) is 9.70. The molecule has 2 nitrogen and oxygen atoms in total. The molecular formula is C12H9ClF3NOS. The van der Waals surface area contributed by atoms with E-state index in [0.29, 0.717) is 20.5 Å². The maximum Gasteiger partial charge on any atom is 0.416 e. The highest BCUT2D eigenvalue weighted by molar-refractivity contribution is 7.15. The number of alkyl halides is 3. The van der Waals surface area contributed by atoms with E-state index in [1.165, 1.54) is 19.2 Å². The molecule has 0 saturated heterocycles. The van der Waals surface area contributed by atoms with E-state index in [9.17, 15) is 18.3 Å². The Labute approximate surface area is 116 Å². The van der Waals surface area contributed by atoms with Crippen LogP contribution >= 0.6 is 22.9 Å². The third-order valence-electron chi connectivity index (χ3n) is 2.62. The molecule has 19 heavy (non-hydrogen) atoms. The van der Waals surface area contributed by atoms with Crippen LogP contribution in [0.1, 0.15) is 27.8 Å². The second-order valence-corrected chi connectivity index (χ2v) is 5.67. The number of nitrogens with zero attached hydrogens (tertiary/aromatic N) is 1. The van der Waals surface area contributed by atoms with Gasteiger partial charge in [0.15, 0.2) is 0 Å². The maximum atomic E-state index is 12.5. The molecule has 0 aliphatic carbocycles. The lowest BCUT2D eigenvalue weighted by atomic mass is 10.0. The molecule has 0 saturated carbocycles. The van der Waals surface area contributed by atoms with Crippen molar-refractivity contribution in [3.63, 3.8) is 0 Å². The van der Waals surface area contributed by atoms with Crippen LogP contribution < -0.4 is 0 Å². The van der Waals surface area contributed by atoms with Crippen molar-refractivity contribution in [2.75, 3.05) is 0 Å². The second kappa shape index (κ2) is 5.11. The molecule has 7 heteroatoms. The number of hydrogen-bond donors (Lipinski definition) is 1. The van der Waals surface area contributed by atoms with Gasteiger partial charge >= 0.3 is 6.18 Å². The van der Waals surface area contributed by atoms with Gasteiger partial charge in [0, 0.05) is 0 Å². The van der Waals surface area contributed by atoms with Crippen molar-refractivity contribution < 1.29 is 18.3 Å². The Hall–Kier alpha value is -1.11. The van der Waals surface area contributed by atoms with E-state index in [0.717, 1.165) is 23.5 Å². The van der Waals surface area contributed by atoms with E-state index in [-0.39, 0.29) is 0 Å². The van der Waals surface area contributed by atoms with Crippen molar-refractivity contribution >= 4 is 22.9 Å². The Bertz CT molecular complexity index is 597. The summed E-state index contributed by atoms with van der Waals surface area (Å²) < 4.78 is 38.0. The van der Waals surface area contributed by atoms with Gasteiger partial charge in [0.05, 0.1) is 11.8 Å². The van der Waals surface area contributed by atoms with Crippen LogP contribution in [0, 0.1) is 6.92 Å². The van der Waals surface area contributed by atoms with Crippen molar-refractivity contribution in [1.82, 2.24) is 4.98 Å². The summed E-state index contributed by atoms with van der Waals surface area (Å²) in [6.07, 6.45) is -4.07. The zero-order valence-corrected chi connectivity index (χ0v) is 11.3. The largest absolute Gasteiger partial charge is 0.416 e. The van der Waals surface area contributed by atoms with E-state index in [1.54, 1.807) is 0 Å². The lowest BCUT2D eigenvalue weighted by Crippen LogP contribution is -2.08. The Morgan fingerprint density at radius 1 is 1.37 bits per heavy atom. The number of rotatable bonds is 2. The summed E-state index contributed by atoms with van der Waals surface area (Å²) in [5.41, 5.74) is 0.00536. The number of hydrogen-bond acceptors (Lipinski definition) is 3. The summed E-state index contributed by atoms with van der Waals surface area (Å²) in [5.74, 6) is 0. The van der Waals surface area contributed by atoms with Crippen LogP contribution in [0.4, 0.5) is 13.2 Å². The number of aromatic nitrogens is 1. The van der Waals surface area contributed by atoms with Crippen LogP contribution in [0.15, 0.2) is 24.4 Å². The summed E-state index contributed by atoms with van der Waals surface area (Å²) in [6, 6.07) is 3.21. The van der Waals surface area contributed by atoms with Gasteiger partial charge in [-0.15, -0.1) is 11.3 Å². The number of aliphatic hydroxyl groups excluding tert-OH is 1. The summed E-state index contributed by atoms with van der Waals surface area (Å²) in [5, 5.41) is 10.4. The van der Waals surface area contributed by atoms with Gasteiger partial charge in [-0.25, -0.2) is 4.98 Å². The first-order valence-electron chi connectivity index (χ1n) is 5.26. The predicted molar refractivity (Wildman–Crippen MR) is 67.4 cm³/mol. The quantitative estimate of drug-likeness (QED) is 0.901. The topological polar surface area (TPSA) is 33.1 Å². The van der Waals surface area contributed by atoms with E-state index in [2.05, 4.69) is 4.98 Å². The molecule has 1 aromatic heterocycles. The van der Waals surface area contributed by atoms with Crippen LogP contribution in [-0.2, 0) is 6.18 Å². The van der Waals surface area contributed by atoms with Gasteiger partial charge in [-0.3, -0.25) is 0 Å². The molecule has 1 aromatic carbocycles. The van der Waals surface area contributed by atoms with Crippen LogP contribution in [0.5, 0.6) is 0 Å². The van der Waals surface area contributed by atoms with E-state index < -0.39 is 17.8 Å². The van der Waals surface area contributed by atoms with Gasteiger partial charge in [-0.05, 0) is 30.2 Å². The van der Waals surface area contributed by atoms with E-state index in [1.807, 2.05) is 0 Å². The van der Waals surface area contributed by atoms with Gasteiger partial charge in [-0.1, -0.05) is 17.7 Å². The molecule has 2 aromatic rings. The minimum atomic E-state index is -4.39. The molecule has 0 amide bonds. The summed E-state index contributed by atoms with van der Waals surface area (Å²) in [7, 11) is 0. The molecule has 0 spiro atoms. The number of aliphatic hydroxyl groups is 1. The third-order valence-corrected chi connectivity index (χ3v) is 3.79. The molecule has 0 radical (unpaired) electrons. The lowest BCUT2D eigenvalue weighted by Gasteiger charge is -2.14. The van der Waals surface area contributed by atoms with Crippen LogP contribution in [0.3, 0.4) is 0 Å². The van der Waals surface area contributed by atoms with Gasteiger partial charge < -0.3 is 5.11 Å². The van der Waals surface area contributed by atoms with Gasteiger partial charge in [0.2, 0.25) is 0 Å². The monoisotopic (exact) mass is 307 g/mol. The number of halogens is 4. The summed E-state index contributed by atoms with van der Waals surface area (Å²) in [4.78, 5) is 3.92. The molecule has 0 aliphatic rings. The van der Waals surface area contributed by atoms with Crippen molar-refractivity contribution in [3.8, 4) is 0 Å². The average molecular weight is 308 g/mol. The SMILES string of the molecule is Cc1cc(C(F)(F)F)ccc1C(O)c1ncc(Cl)s1. The minimum Gasteiger partial charge on any atom is -0.381 e. The number of thiazole rings is 1. The Kier molecular flexibility index (Phi) is 3.85. The van der Waals surface area contributed by atoms with Crippen molar-refractivity contribution in [3.05, 3.63) is 50.4 Å². The first kappa shape index (κ1) is 14.3. The molecule has 0 aliphatic heterocycles. The molecule has 1 atom stereocenters. The number of aryl methyl sites for hydroxylation is 1. The fourth-order valence-electron chi connectivity index (χ4n) is 1.69. The van der Waals surface area contributed by atoms with Gasteiger partial charge in [0.1, 0.15) is 15.4 Å². The second-order valence-electron chi connectivity index (χ2n) is 3.97. The fraction of sp³-hybridized carbons (Fsp3) is 0.250.